The monoisotopic (exact) mass is 300 g/mol. The van der Waals surface area contributed by atoms with Crippen molar-refractivity contribution in [3.05, 3.63) is 29.3 Å². The number of phosphoric acid groups is 1. The summed E-state index contributed by atoms with van der Waals surface area (Å²) in [7, 11) is -4.48. The number of hydrogen-bond acceptors (Lipinski definition) is 2. The Morgan fingerprint density at radius 3 is 2.40 bits per heavy atom. The van der Waals surface area contributed by atoms with Crippen LogP contribution >= 0.6 is 7.82 Å². The second-order valence-corrected chi connectivity index (χ2v) is 6.37. The summed E-state index contributed by atoms with van der Waals surface area (Å²) in [4.78, 5) is 17.8. The van der Waals surface area contributed by atoms with Gasteiger partial charge in [0.2, 0.25) is 0 Å². The van der Waals surface area contributed by atoms with Crippen LogP contribution in [0.2, 0.25) is 0 Å². The summed E-state index contributed by atoms with van der Waals surface area (Å²) >= 11 is 0. The minimum atomic E-state index is -4.48. The summed E-state index contributed by atoms with van der Waals surface area (Å²) in [6.07, 6.45) is 7.94. The van der Waals surface area contributed by atoms with Crippen molar-refractivity contribution in [1.82, 2.24) is 0 Å². The Morgan fingerprint density at radius 2 is 1.75 bits per heavy atom. The minimum Gasteiger partial charge on any atom is -0.404 e. The fourth-order valence-corrected chi connectivity index (χ4v) is 2.65. The standard InChI is InChI=1S/C15H25O4P/c1-3-4-5-6-7-8-9-14-12-13(2)10-11-15(14)19-20(16,17)18/h10-12H,3-9H2,1-2H3,(H2,16,17,18). The van der Waals surface area contributed by atoms with Crippen LogP contribution in [0.1, 0.15) is 56.6 Å². The van der Waals surface area contributed by atoms with Crippen LogP contribution in [-0.4, -0.2) is 9.79 Å². The van der Waals surface area contributed by atoms with Crippen LogP contribution < -0.4 is 4.52 Å². The lowest BCUT2D eigenvalue weighted by Crippen LogP contribution is -1.96. The topological polar surface area (TPSA) is 66.8 Å². The molecule has 0 saturated carbocycles. The molecule has 0 aliphatic rings. The maximum Gasteiger partial charge on any atom is 0.524 e. The van der Waals surface area contributed by atoms with Crippen LogP contribution in [0.5, 0.6) is 5.75 Å². The lowest BCUT2D eigenvalue weighted by atomic mass is 10.0. The van der Waals surface area contributed by atoms with Crippen molar-refractivity contribution in [2.45, 2.75) is 58.8 Å². The normalized spacial score (nSPS) is 11.6. The molecule has 0 aliphatic carbocycles. The van der Waals surface area contributed by atoms with Crippen LogP contribution in [0.15, 0.2) is 18.2 Å². The van der Waals surface area contributed by atoms with Gasteiger partial charge in [0.15, 0.2) is 0 Å². The average Bonchev–Trinajstić information content (AvgIpc) is 2.35. The van der Waals surface area contributed by atoms with Crippen LogP contribution in [0.3, 0.4) is 0 Å². The van der Waals surface area contributed by atoms with Crippen molar-refractivity contribution in [2.24, 2.45) is 0 Å². The van der Waals surface area contributed by atoms with Gasteiger partial charge in [0.1, 0.15) is 5.75 Å². The number of rotatable bonds is 9. The first-order chi connectivity index (χ1) is 9.42. The van der Waals surface area contributed by atoms with Crippen LogP contribution in [0.25, 0.3) is 0 Å². The lowest BCUT2D eigenvalue weighted by Gasteiger charge is -2.12. The highest BCUT2D eigenvalue weighted by atomic mass is 31.2. The summed E-state index contributed by atoms with van der Waals surface area (Å²) in [5, 5.41) is 0. The molecule has 1 aromatic rings. The molecule has 2 N–H and O–H groups in total. The summed E-state index contributed by atoms with van der Waals surface area (Å²) < 4.78 is 15.7. The van der Waals surface area contributed by atoms with E-state index in [1.807, 2.05) is 13.0 Å². The second-order valence-electron chi connectivity index (χ2n) is 5.21. The fraction of sp³-hybridized carbons (Fsp3) is 0.600. The SMILES string of the molecule is CCCCCCCCc1cc(C)ccc1OP(=O)(O)O. The van der Waals surface area contributed by atoms with Gasteiger partial charge in [0, 0.05) is 0 Å². The van der Waals surface area contributed by atoms with E-state index in [2.05, 4.69) is 6.92 Å². The number of aryl methyl sites for hydroxylation is 2. The van der Waals surface area contributed by atoms with Gasteiger partial charge >= 0.3 is 7.82 Å². The molecule has 0 aromatic heterocycles. The van der Waals surface area contributed by atoms with E-state index in [-0.39, 0.29) is 0 Å². The summed E-state index contributed by atoms with van der Waals surface area (Å²) in [6, 6.07) is 5.38. The summed E-state index contributed by atoms with van der Waals surface area (Å²) in [5.74, 6) is 0.303. The van der Waals surface area contributed by atoms with E-state index in [0.29, 0.717) is 5.75 Å². The zero-order chi connectivity index (χ0) is 15.0. The molecule has 0 atom stereocenters. The molecule has 5 heteroatoms. The molecule has 0 amide bonds. The zero-order valence-electron chi connectivity index (χ0n) is 12.3. The van der Waals surface area contributed by atoms with Gasteiger partial charge in [0.25, 0.3) is 0 Å². The van der Waals surface area contributed by atoms with E-state index in [9.17, 15) is 4.57 Å². The van der Waals surface area contributed by atoms with E-state index in [0.717, 1.165) is 30.4 Å². The molecule has 0 saturated heterocycles. The van der Waals surface area contributed by atoms with Crippen molar-refractivity contribution >= 4 is 7.82 Å². The third kappa shape index (κ3) is 7.09. The Morgan fingerprint density at radius 1 is 1.10 bits per heavy atom. The van der Waals surface area contributed by atoms with Crippen LogP contribution in [0.4, 0.5) is 0 Å². The molecule has 0 aliphatic heterocycles. The molecular formula is C15H25O4P. The Bertz CT molecular complexity index is 453. The molecule has 0 radical (unpaired) electrons. The molecule has 0 fully saturated rings. The van der Waals surface area contributed by atoms with Gasteiger partial charge in [-0.1, -0.05) is 56.7 Å². The molecular weight excluding hydrogens is 275 g/mol. The molecule has 0 spiro atoms. The van der Waals surface area contributed by atoms with Gasteiger partial charge < -0.3 is 4.52 Å². The first-order valence-electron chi connectivity index (χ1n) is 7.27. The smallest absolute Gasteiger partial charge is 0.404 e. The minimum absolute atomic E-state index is 0.303. The van der Waals surface area contributed by atoms with Crippen molar-refractivity contribution in [1.29, 1.82) is 0 Å². The predicted molar refractivity (Wildman–Crippen MR) is 80.9 cm³/mol. The third-order valence-electron chi connectivity index (χ3n) is 3.23. The highest BCUT2D eigenvalue weighted by Crippen LogP contribution is 2.39. The summed E-state index contributed by atoms with van der Waals surface area (Å²) in [5.41, 5.74) is 1.95. The Hall–Kier alpha value is -0.830. The van der Waals surface area contributed by atoms with Crippen molar-refractivity contribution < 1.29 is 18.9 Å². The largest absolute Gasteiger partial charge is 0.524 e. The van der Waals surface area contributed by atoms with E-state index >= 15 is 0 Å². The highest BCUT2D eigenvalue weighted by molar-refractivity contribution is 7.46. The van der Waals surface area contributed by atoms with E-state index < -0.39 is 7.82 Å². The predicted octanol–water partition coefficient (Wildman–Crippen LogP) is 4.37. The molecule has 1 aromatic carbocycles. The quantitative estimate of drug-likeness (QED) is 0.525. The maximum absolute atomic E-state index is 11.0. The van der Waals surface area contributed by atoms with Gasteiger partial charge in [0.05, 0.1) is 0 Å². The van der Waals surface area contributed by atoms with Crippen molar-refractivity contribution in [3.63, 3.8) is 0 Å². The number of phosphoric ester groups is 1. The first kappa shape index (κ1) is 17.2. The molecule has 4 nitrogen and oxygen atoms in total. The molecule has 1 rings (SSSR count). The third-order valence-corrected chi connectivity index (χ3v) is 3.67. The maximum atomic E-state index is 11.0. The van der Waals surface area contributed by atoms with Gasteiger partial charge in [-0.05, 0) is 31.4 Å². The Kier molecular flexibility index (Phi) is 7.28. The molecule has 114 valence electrons. The molecule has 0 bridgehead atoms. The molecule has 20 heavy (non-hydrogen) atoms. The Balaban J connectivity index is 2.54. The number of unbranched alkanes of at least 4 members (excludes halogenated alkanes) is 5. The second kappa shape index (κ2) is 8.46. The highest BCUT2D eigenvalue weighted by Gasteiger charge is 2.18. The van der Waals surface area contributed by atoms with Crippen LogP contribution in [0, 0.1) is 6.92 Å². The number of benzene rings is 1. The van der Waals surface area contributed by atoms with E-state index in [4.69, 9.17) is 14.3 Å². The molecule has 0 unspecified atom stereocenters. The summed E-state index contributed by atoms with van der Waals surface area (Å²) in [6.45, 7) is 4.16. The fourth-order valence-electron chi connectivity index (χ4n) is 2.22. The van der Waals surface area contributed by atoms with Crippen molar-refractivity contribution in [2.75, 3.05) is 0 Å². The van der Waals surface area contributed by atoms with Crippen molar-refractivity contribution in [3.8, 4) is 5.75 Å². The van der Waals surface area contributed by atoms with E-state index in [1.54, 1.807) is 12.1 Å². The van der Waals surface area contributed by atoms with Gasteiger partial charge in [-0.2, -0.15) is 0 Å². The van der Waals surface area contributed by atoms with Gasteiger partial charge in [-0.15, -0.1) is 0 Å². The van der Waals surface area contributed by atoms with Gasteiger partial charge in [-0.3, -0.25) is 9.79 Å². The Labute approximate surface area is 121 Å². The average molecular weight is 300 g/mol. The van der Waals surface area contributed by atoms with Crippen LogP contribution in [-0.2, 0) is 11.0 Å². The zero-order valence-corrected chi connectivity index (χ0v) is 13.2. The lowest BCUT2D eigenvalue weighted by molar-refractivity contribution is 0.282. The number of hydrogen-bond donors (Lipinski definition) is 2. The van der Waals surface area contributed by atoms with Gasteiger partial charge in [-0.25, -0.2) is 4.57 Å². The molecule has 0 heterocycles. The first-order valence-corrected chi connectivity index (χ1v) is 8.80. The van der Waals surface area contributed by atoms with E-state index in [1.165, 1.54) is 25.7 Å².